The maximum Gasteiger partial charge on any atom is 0.120 e. The van der Waals surface area contributed by atoms with E-state index in [4.69, 9.17) is 4.74 Å². The van der Waals surface area contributed by atoms with Crippen molar-refractivity contribution in [1.82, 2.24) is 5.32 Å². The van der Waals surface area contributed by atoms with Crippen molar-refractivity contribution < 1.29 is 4.74 Å². The highest BCUT2D eigenvalue weighted by Crippen LogP contribution is 2.19. The topological polar surface area (TPSA) is 21.3 Å². The van der Waals surface area contributed by atoms with Gasteiger partial charge < -0.3 is 10.1 Å². The van der Waals surface area contributed by atoms with Crippen LogP contribution in [0.4, 0.5) is 0 Å². The van der Waals surface area contributed by atoms with Crippen molar-refractivity contribution in [3.63, 3.8) is 0 Å². The number of hydrogen-bond acceptors (Lipinski definition) is 2. The summed E-state index contributed by atoms with van der Waals surface area (Å²) in [6, 6.07) is 6.29. The fraction of sp³-hybridized carbons (Fsp3) is 0.500. The van der Waals surface area contributed by atoms with Crippen molar-refractivity contribution in [2.45, 2.75) is 26.4 Å². The van der Waals surface area contributed by atoms with Crippen molar-refractivity contribution in [1.29, 1.82) is 0 Å². The van der Waals surface area contributed by atoms with Crippen molar-refractivity contribution in [3.8, 4) is 5.75 Å². The number of ether oxygens (including phenoxy) is 1. The summed E-state index contributed by atoms with van der Waals surface area (Å²) in [5.74, 6) is 1.00. The van der Waals surface area contributed by atoms with Gasteiger partial charge in [-0.2, -0.15) is 0 Å². The summed E-state index contributed by atoms with van der Waals surface area (Å²) < 4.78 is 5.85. The number of benzene rings is 1. The maximum atomic E-state index is 5.85. The monoisotopic (exact) mass is 191 g/mol. The van der Waals surface area contributed by atoms with Gasteiger partial charge in [-0.15, -0.1) is 0 Å². The molecule has 2 heteroatoms. The molecule has 0 aliphatic carbocycles. The average molecular weight is 191 g/mol. The molecule has 0 aromatic heterocycles. The SMILES string of the molecule is Cc1ccc(O[C@H]2CCNC2)cc1C. The lowest BCUT2D eigenvalue weighted by molar-refractivity contribution is 0.223. The van der Waals surface area contributed by atoms with Gasteiger partial charge in [-0.05, 0) is 50.1 Å². The van der Waals surface area contributed by atoms with Crippen LogP contribution in [0.15, 0.2) is 18.2 Å². The highest BCUT2D eigenvalue weighted by atomic mass is 16.5. The third kappa shape index (κ3) is 2.07. The molecule has 0 saturated carbocycles. The molecule has 76 valence electrons. The summed E-state index contributed by atoms with van der Waals surface area (Å²) in [5, 5.41) is 3.29. The van der Waals surface area contributed by atoms with E-state index in [1.54, 1.807) is 0 Å². The molecule has 1 aromatic rings. The first-order valence-electron chi connectivity index (χ1n) is 5.20. The second-order valence-corrected chi connectivity index (χ2v) is 3.98. The van der Waals surface area contributed by atoms with Crippen molar-refractivity contribution in [3.05, 3.63) is 29.3 Å². The van der Waals surface area contributed by atoms with E-state index < -0.39 is 0 Å². The Morgan fingerprint density at radius 2 is 2.14 bits per heavy atom. The molecule has 2 rings (SSSR count). The van der Waals surface area contributed by atoms with Gasteiger partial charge >= 0.3 is 0 Å². The Morgan fingerprint density at radius 1 is 1.29 bits per heavy atom. The van der Waals surface area contributed by atoms with Gasteiger partial charge in [0.05, 0.1) is 0 Å². The summed E-state index contributed by atoms with van der Waals surface area (Å²) in [6.45, 7) is 6.30. The van der Waals surface area contributed by atoms with Crippen LogP contribution in [0.3, 0.4) is 0 Å². The van der Waals surface area contributed by atoms with Gasteiger partial charge in [0.2, 0.25) is 0 Å². The summed E-state index contributed by atoms with van der Waals surface area (Å²) in [4.78, 5) is 0. The highest BCUT2D eigenvalue weighted by molar-refractivity contribution is 5.33. The minimum absolute atomic E-state index is 0.358. The standard InChI is InChI=1S/C12H17NO/c1-9-3-4-11(7-10(9)2)14-12-5-6-13-8-12/h3-4,7,12-13H,5-6,8H2,1-2H3/t12-/m0/s1. The Hall–Kier alpha value is -1.02. The molecule has 1 aliphatic heterocycles. The number of rotatable bonds is 2. The van der Waals surface area contributed by atoms with Crippen LogP contribution in [0.5, 0.6) is 5.75 Å². The molecule has 14 heavy (non-hydrogen) atoms. The van der Waals surface area contributed by atoms with E-state index in [0.29, 0.717) is 6.10 Å². The summed E-state index contributed by atoms with van der Waals surface area (Å²) >= 11 is 0. The van der Waals surface area contributed by atoms with E-state index in [-0.39, 0.29) is 0 Å². The average Bonchev–Trinajstić information content (AvgIpc) is 2.64. The first-order valence-corrected chi connectivity index (χ1v) is 5.20. The van der Waals surface area contributed by atoms with E-state index in [2.05, 4.69) is 37.4 Å². The van der Waals surface area contributed by atoms with Crippen LogP contribution in [-0.4, -0.2) is 19.2 Å². The highest BCUT2D eigenvalue weighted by Gasteiger charge is 2.15. The third-order valence-corrected chi connectivity index (χ3v) is 2.80. The first kappa shape index (κ1) is 9.53. The van der Waals surface area contributed by atoms with Crippen LogP contribution in [-0.2, 0) is 0 Å². The smallest absolute Gasteiger partial charge is 0.120 e. The van der Waals surface area contributed by atoms with E-state index in [9.17, 15) is 0 Å². The molecule has 0 unspecified atom stereocenters. The fourth-order valence-corrected chi connectivity index (χ4v) is 1.71. The molecular weight excluding hydrogens is 174 g/mol. The molecule has 1 aromatic carbocycles. The lowest BCUT2D eigenvalue weighted by Crippen LogP contribution is -2.19. The van der Waals surface area contributed by atoms with E-state index in [1.165, 1.54) is 11.1 Å². The van der Waals surface area contributed by atoms with Crippen molar-refractivity contribution in [2.24, 2.45) is 0 Å². The minimum atomic E-state index is 0.358. The minimum Gasteiger partial charge on any atom is -0.489 e. The zero-order valence-corrected chi connectivity index (χ0v) is 8.84. The molecule has 2 nitrogen and oxygen atoms in total. The molecule has 1 N–H and O–H groups in total. The number of aryl methyl sites for hydroxylation is 2. The van der Waals surface area contributed by atoms with Gasteiger partial charge in [-0.25, -0.2) is 0 Å². The Kier molecular flexibility index (Phi) is 2.73. The predicted molar refractivity (Wildman–Crippen MR) is 57.8 cm³/mol. The lowest BCUT2D eigenvalue weighted by Gasteiger charge is -2.13. The van der Waals surface area contributed by atoms with Gasteiger partial charge in [-0.1, -0.05) is 6.07 Å². The molecule has 0 spiro atoms. The molecular formula is C12H17NO. The third-order valence-electron chi connectivity index (χ3n) is 2.80. The molecule has 0 amide bonds. The number of nitrogens with one attached hydrogen (secondary N) is 1. The predicted octanol–water partition coefficient (Wildman–Crippen LogP) is 2.04. The Bertz CT molecular complexity index is 316. The largest absolute Gasteiger partial charge is 0.489 e. The summed E-state index contributed by atoms with van der Waals surface area (Å²) in [7, 11) is 0. The van der Waals surface area contributed by atoms with Crippen LogP contribution in [0.2, 0.25) is 0 Å². The fourth-order valence-electron chi connectivity index (χ4n) is 1.71. The first-order chi connectivity index (χ1) is 6.75. The summed E-state index contributed by atoms with van der Waals surface area (Å²) in [6.07, 6.45) is 1.48. The molecule has 1 atom stereocenters. The normalized spacial score (nSPS) is 21.1. The Morgan fingerprint density at radius 3 is 2.79 bits per heavy atom. The van der Waals surface area contributed by atoms with Gasteiger partial charge in [-0.3, -0.25) is 0 Å². The lowest BCUT2D eigenvalue weighted by atomic mass is 10.1. The molecule has 1 saturated heterocycles. The van der Waals surface area contributed by atoms with E-state index in [1.807, 2.05) is 0 Å². The van der Waals surface area contributed by atoms with Gasteiger partial charge in [0.25, 0.3) is 0 Å². The zero-order valence-electron chi connectivity index (χ0n) is 8.84. The van der Waals surface area contributed by atoms with Crippen LogP contribution in [0, 0.1) is 13.8 Å². The number of hydrogen-bond donors (Lipinski definition) is 1. The quantitative estimate of drug-likeness (QED) is 0.772. The van der Waals surface area contributed by atoms with Crippen molar-refractivity contribution >= 4 is 0 Å². The second-order valence-electron chi connectivity index (χ2n) is 3.98. The van der Waals surface area contributed by atoms with Gasteiger partial charge in [0.15, 0.2) is 0 Å². The molecule has 0 bridgehead atoms. The Balaban J connectivity index is 2.05. The Labute approximate surface area is 85.3 Å². The molecule has 1 aliphatic rings. The van der Waals surface area contributed by atoms with Crippen molar-refractivity contribution in [2.75, 3.05) is 13.1 Å². The molecule has 0 radical (unpaired) electrons. The van der Waals surface area contributed by atoms with Crippen LogP contribution < -0.4 is 10.1 Å². The van der Waals surface area contributed by atoms with Crippen LogP contribution >= 0.6 is 0 Å². The van der Waals surface area contributed by atoms with E-state index >= 15 is 0 Å². The van der Waals surface area contributed by atoms with E-state index in [0.717, 1.165) is 25.3 Å². The maximum absolute atomic E-state index is 5.85. The van der Waals surface area contributed by atoms with Crippen LogP contribution in [0.25, 0.3) is 0 Å². The zero-order chi connectivity index (χ0) is 9.97. The molecule has 1 fully saturated rings. The summed E-state index contributed by atoms with van der Waals surface area (Å²) in [5.41, 5.74) is 2.62. The molecule has 1 heterocycles. The van der Waals surface area contributed by atoms with Crippen LogP contribution in [0.1, 0.15) is 17.5 Å². The van der Waals surface area contributed by atoms with Gasteiger partial charge in [0, 0.05) is 6.54 Å². The second kappa shape index (κ2) is 4.01. The van der Waals surface area contributed by atoms with Gasteiger partial charge in [0.1, 0.15) is 11.9 Å².